The van der Waals surface area contributed by atoms with E-state index >= 15 is 0 Å². The van der Waals surface area contributed by atoms with Gasteiger partial charge in [0.1, 0.15) is 5.75 Å². The van der Waals surface area contributed by atoms with Crippen molar-refractivity contribution in [3.8, 4) is 5.75 Å². The molecule has 0 atom stereocenters. The Labute approximate surface area is 164 Å². The van der Waals surface area contributed by atoms with Crippen molar-refractivity contribution >= 4 is 33.5 Å². The van der Waals surface area contributed by atoms with Gasteiger partial charge in [0.15, 0.2) is 12.4 Å². The van der Waals surface area contributed by atoms with E-state index in [0.717, 1.165) is 16.6 Å². The molecule has 2 aromatic carbocycles. The normalized spacial score (nSPS) is 10.7. The molecule has 0 amide bonds. The summed E-state index contributed by atoms with van der Waals surface area (Å²) in [6, 6.07) is 15.1. The summed E-state index contributed by atoms with van der Waals surface area (Å²) in [6.07, 6.45) is 0.990. The lowest BCUT2D eigenvalue weighted by Gasteiger charge is -2.03. The number of aromatic nitrogens is 2. The molecule has 0 aliphatic carbocycles. The Morgan fingerprint density at radius 3 is 2.54 bits per heavy atom. The Bertz CT molecular complexity index is 863. The van der Waals surface area contributed by atoms with Gasteiger partial charge in [0.25, 0.3) is 11.1 Å². The van der Waals surface area contributed by atoms with E-state index in [4.69, 9.17) is 9.15 Å². The predicted molar refractivity (Wildman–Crippen MR) is 104 cm³/mol. The Kier molecular flexibility index (Phi) is 6.46. The van der Waals surface area contributed by atoms with Gasteiger partial charge in [0.05, 0.1) is 5.75 Å². The molecule has 0 aliphatic heterocycles. The average molecular weight is 433 g/mol. The van der Waals surface area contributed by atoms with E-state index < -0.39 is 0 Å². The first kappa shape index (κ1) is 18.7. The second kappa shape index (κ2) is 9.00. The Morgan fingerprint density at radius 2 is 1.85 bits per heavy atom. The van der Waals surface area contributed by atoms with Crippen LogP contribution in [0.25, 0.3) is 0 Å². The van der Waals surface area contributed by atoms with Crippen LogP contribution >= 0.6 is 27.7 Å². The van der Waals surface area contributed by atoms with E-state index in [-0.39, 0.29) is 18.1 Å². The fourth-order valence-corrected chi connectivity index (χ4v) is 3.11. The second-order valence-corrected chi connectivity index (χ2v) is 7.31. The van der Waals surface area contributed by atoms with Gasteiger partial charge in [0, 0.05) is 10.0 Å². The molecule has 3 aromatic rings. The molecule has 0 unspecified atom stereocenters. The summed E-state index contributed by atoms with van der Waals surface area (Å²) in [5, 5.41) is 8.25. The van der Waals surface area contributed by atoms with Crippen LogP contribution in [0.3, 0.4) is 0 Å². The van der Waals surface area contributed by atoms with Gasteiger partial charge in [-0.3, -0.25) is 4.79 Å². The second-order valence-electron chi connectivity index (χ2n) is 5.47. The minimum atomic E-state index is 0.00881. The van der Waals surface area contributed by atoms with Gasteiger partial charge in [-0.1, -0.05) is 58.9 Å². The van der Waals surface area contributed by atoms with Gasteiger partial charge in [-0.15, -0.1) is 10.2 Å². The lowest BCUT2D eigenvalue weighted by Crippen LogP contribution is -2.01. The van der Waals surface area contributed by atoms with Crippen molar-refractivity contribution in [2.75, 3.05) is 5.75 Å². The van der Waals surface area contributed by atoms with Crippen LogP contribution in [0.5, 0.6) is 5.75 Å². The summed E-state index contributed by atoms with van der Waals surface area (Å²) in [5.74, 6) is 1.38. The maximum absolute atomic E-state index is 12.1. The van der Waals surface area contributed by atoms with Gasteiger partial charge >= 0.3 is 0 Å². The van der Waals surface area contributed by atoms with Gasteiger partial charge in [-0.25, -0.2) is 0 Å². The molecule has 0 saturated heterocycles. The number of rotatable bonds is 8. The number of hydrogen-bond donors (Lipinski definition) is 0. The highest BCUT2D eigenvalue weighted by Gasteiger charge is 2.12. The van der Waals surface area contributed by atoms with Gasteiger partial charge in [-0.05, 0) is 36.2 Å². The zero-order chi connectivity index (χ0) is 18.4. The fraction of sp³-hybridized carbons (Fsp3) is 0.211. The molecule has 0 saturated carbocycles. The molecule has 134 valence electrons. The van der Waals surface area contributed by atoms with Gasteiger partial charge in [0.2, 0.25) is 0 Å². The maximum Gasteiger partial charge on any atom is 0.277 e. The number of thioether (sulfide) groups is 1. The minimum absolute atomic E-state index is 0.00881. The number of hydrogen-bond acceptors (Lipinski definition) is 6. The smallest absolute Gasteiger partial charge is 0.277 e. The number of Topliss-reactive ketones (excluding diaryl/α,β-unsaturated/α-hetero) is 1. The lowest BCUT2D eigenvalue weighted by molar-refractivity contribution is 0.102. The molecule has 0 aliphatic rings. The number of aryl methyl sites for hydroxylation is 1. The average Bonchev–Trinajstić information content (AvgIpc) is 3.13. The molecule has 7 heteroatoms. The molecule has 5 nitrogen and oxygen atoms in total. The monoisotopic (exact) mass is 432 g/mol. The number of ether oxygens (including phenoxy) is 1. The molecule has 3 rings (SSSR count). The van der Waals surface area contributed by atoms with Crippen LogP contribution in [0.2, 0.25) is 0 Å². The van der Waals surface area contributed by atoms with Crippen molar-refractivity contribution in [3.05, 3.63) is 70.0 Å². The number of nitrogens with zero attached hydrogens (tertiary/aromatic N) is 2. The van der Waals surface area contributed by atoms with E-state index in [1.807, 2.05) is 36.4 Å². The summed E-state index contributed by atoms with van der Waals surface area (Å²) < 4.78 is 12.1. The van der Waals surface area contributed by atoms with Crippen LogP contribution in [0.15, 0.2) is 62.6 Å². The van der Waals surface area contributed by atoms with Crippen LogP contribution in [-0.4, -0.2) is 21.7 Å². The predicted octanol–water partition coefficient (Wildman–Crippen LogP) is 4.95. The molecule has 0 fully saturated rings. The summed E-state index contributed by atoms with van der Waals surface area (Å²) in [7, 11) is 0. The number of carbonyl (C=O) groups excluding carboxylic acids is 1. The first-order valence-electron chi connectivity index (χ1n) is 8.09. The standard InChI is InChI=1S/C19H17BrN2O3S/c1-2-13-3-9-16(10-4-13)24-11-18-21-22-19(25-18)26-12-17(23)14-5-7-15(20)8-6-14/h3-10H,2,11-12H2,1H3. The highest BCUT2D eigenvalue weighted by atomic mass is 79.9. The van der Waals surface area contributed by atoms with Gasteiger partial charge < -0.3 is 9.15 Å². The molecule has 0 bridgehead atoms. The van der Waals surface area contributed by atoms with E-state index in [1.54, 1.807) is 12.1 Å². The minimum Gasteiger partial charge on any atom is -0.484 e. The maximum atomic E-state index is 12.1. The zero-order valence-corrected chi connectivity index (χ0v) is 16.5. The van der Waals surface area contributed by atoms with E-state index in [9.17, 15) is 4.79 Å². The van der Waals surface area contributed by atoms with Crippen molar-refractivity contribution in [2.45, 2.75) is 25.2 Å². The summed E-state index contributed by atoms with van der Waals surface area (Å²) in [5.41, 5.74) is 1.91. The topological polar surface area (TPSA) is 65.2 Å². The van der Waals surface area contributed by atoms with Crippen LogP contribution in [0.1, 0.15) is 28.7 Å². The summed E-state index contributed by atoms with van der Waals surface area (Å²) >= 11 is 4.57. The fourth-order valence-electron chi connectivity index (χ4n) is 2.17. The van der Waals surface area contributed by atoms with Crippen molar-refractivity contribution < 1.29 is 13.9 Å². The highest BCUT2D eigenvalue weighted by Crippen LogP contribution is 2.20. The summed E-state index contributed by atoms with van der Waals surface area (Å²) in [6.45, 7) is 2.30. The van der Waals surface area contributed by atoms with Crippen molar-refractivity contribution in [1.29, 1.82) is 0 Å². The van der Waals surface area contributed by atoms with E-state index in [2.05, 4.69) is 33.1 Å². The van der Waals surface area contributed by atoms with Crippen LogP contribution in [0, 0.1) is 0 Å². The lowest BCUT2D eigenvalue weighted by atomic mass is 10.2. The molecule has 1 aromatic heterocycles. The number of carbonyl (C=O) groups is 1. The molecular weight excluding hydrogens is 416 g/mol. The van der Waals surface area contributed by atoms with E-state index in [0.29, 0.717) is 16.7 Å². The van der Waals surface area contributed by atoms with Crippen LogP contribution < -0.4 is 4.74 Å². The Hall–Kier alpha value is -2.12. The van der Waals surface area contributed by atoms with Crippen LogP contribution in [0.4, 0.5) is 0 Å². The van der Waals surface area contributed by atoms with Gasteiger partial charge in [-0.2, -0.15) is 0 Å². The van der Waals surface area contributed by atoms with E-state index in [1.165, 1.54) is 17.3 Å². The van der Waals surface area contributed by atoms with Crippen molar-refractivity contribution in [3.63, 3.8) is 0 Å². The molecule has 0 radical (unpaired) electrons. The molecule has 0 N–H and O–H groups in total. The third kappa shape index (κ3) is 5.19. The third-order valence-corrected chi connectivity index (χ3v) is 4.98. The largest absolute Gasteiger partial charge is 0.484 e. The number of benzene rings is 2. The first-order valence-corrected chi connectivity index (χ1v) is 9.87. The number of halogens is 1. The SMILES string of the molecule is CCc1ccc(OCc2nnc(SCC(=O)c3ccc(Br)cc3)o2)cc1. The zero-order valence-electron chi connectivity index (χ0n) is 14.1. The van der Waals surface area contributed by atoms with Crippen molar-refractivity contribution in [2.24, 2.45) is 0 Å². The Balaban J connectivity index is 1.49. The van der Waals surface area contributed by atoms with Crippen LogP contribution in [-0.2, 0) is 13.0 Å². The molecule has 0 spiro atoms. The molecular formula is C19H17BrN2O3S. The quantitative estimate of drug-likeness (QED) is 0.370. The van der Waals surface area contributed by atoms with Crippen molar-refractivity contribution in [1.82, 2.24) is 10.2 Å². The highest BCUT2D eigenvalue weighted by molar-refractivity contribution is 9.10. The third-order valence-electron chi connectivity index (χ3n) is 3.64. The molecule has 1 heterocycles. The number of ketones is 1. The molecule has 26 heavy (non-hydrogen) atoms. The first-order chi connectivity index (χ1) is 12.6. The Morgan fingerprint density at radius 1 is 1.12 bits per heavy atom. The summed E-state index contributed by atoms with van der Waals surface area (Å²) in [4.78, 5) is 12.1.